The number of aliphatic hydroxyl groups is 1. The Balaban J connectivity index is 1.37. The van der Waals surface area contributed by atoms with Crippen LogP contribution in [0.4, 0.5) is 0 Å². The minimum Gasteiger partial charge on any atom is -0.485 e. The van der Waals surface area contributed by atoms with E-state index in [0.717, 1.165) is 47.4 Å². The Morgan fingerprint density at radius 3 is 1.89 bits per heavy atom. The Bertz CT molecular complexity index is 1210. The van der Waals surface area contributed by atoms with Gasteiger partial charge in [-0.1, -0.05) is 97.1 Å². The fourth-order valence-electron chi connectivity index (χ4n) is 4.63. The smallest absolute Gasteiger partial charge is 0.165 e. The average Bonchev–Trinajstić information content (AvgIpc) is 2.92. The van der Waals surface area contributed by atoms with E-state index in [-0.39, 0.29) is 6.04 Å². The fourth-order valence-corrected chi connectivity index (χ4v) is 4.63. The van der Waals surface area contributed by atoms with Crippen molar-refractivity contribution in [3.63, 3.8) is 0 Å². The number of ether oxygens (including phenoxy) is 2. The van der Waals surface area contributed by atoms with Gasteiger partial charge in [0.15, 0.2) is 11.5 Å². The van der Waals surface area contributed by atoms with E-state index < -0.39 is 6.10 Å². The van der Waals surface area contributed by atoms with Crippen LogP contribution in [-0.4, -0.2) is 11.1 Å². The molecule has 4 aromatic rings. The van der Waals surface area contributed by atoms with Crippen molar-refractivity contribution in [2.75, 3.05) is 0 Å². The molecule has 2 N–H and O–H groups in total. The number of hydrogen-bond acceptors (Lipinski definition) is 4. The second kappa shape index (κ2) is 11.2. The first-order valence-corrected chi connectivity index (χ1v) is 12.2. The molecule has 0 spiro atoms. The SMILES string of the molecule is O[C@@H]1c2ccc(OCc3ccccc3)c(OCc3ccccc3)c2CCC1NCc1ccccc1. The molecule has 2 atom stereocenters. The van der Waals surface area contributed by atoms with Gasteiger partial charge in [0, 0.05) is 18.2 Å². The first-order chi connectivity index (χ1) is 17.3. The summed E-state index contributed by atoms with van der Waals surface area (Å²) in [5, 5.41) is 14.8. The molecule has 0 heterocycles. The van der Waals surface area contributed by atoms with Crippen LogP contribution in [0.25, 0.3) is 0 Å². The number of fused-ring (bicyclic) bond motifs is 1. The van der Waals surface area contributed by atoms with Gasteiger partial charge in [-0.2, -0.15) is 0 Å². The maximum atomic E-state index is 11.2. The number of rotatable bonds is 9. The third-order valence-corrected chi connectivity index (χ3v) is 6.54. The third-order valence-electron chi connectivity index (χ3n) is 6.54. The standard InChI is InChI=1S/C31H31NO3/c33-30-26-17-19-29(34-21-24-12-6-2-7-13-24)31(35-22-25-14-8-3-9-15-25)27(26)16-18-28(30)32-20-23-10-4-1-5-11-23/h1-15,17,19,28,30,32-33H,16,18,20-22H2/t28?,30-/m1/s1. The zero-order chi connectivity index (χ0) is 23.9. The van der Waals surface area contributed by atoms with Gasteiger partial charge in [-0.3, -0.25) is 0 Å². The predicted molar refractivity (Wildman–Crippen MR) is 138 cm³/mol. The molecule has 4 heteroatoms. The highest BCUT2D eigenvalue weighted by Crippen LogP contribution is 2.42. The van der Waals surface area contributed by atoms with E-state index in [9.17, 15) is 5.11 Å². The summed E-state index contributed by atoms with van der Waals surface area (Å²) in [6.07, 6.45) is 1.03. The Labute approximate surface area is 207 Å². The minimum atomic E-state index is -0.607. The largest absolute Gasteiger partial charge is 0.485 e. The van der Waals surface area contributed by atoms with Gasteiger partial charge in [0.2, 0.25) is 0 Å². The van der Waals surface area contributed by atoms with Gasteiger partial charge < -0.3 is 19.9 Å². The minimum absolute atomic E-state index is 0.0132. The van der Waals surface area contributed by atoms with Gasteiger partial charge in [0.25, 0.3) is 0 Å². The highest BCUT2D eigenvalue weighted by atomic mass is 16.5. The number of nitrogens with one attached hydrogen (secondary N) is 1. The van der Waals surface area contributed by atoms with Gasteiger partial charge in [-0.15, -0.1) is 0 Å². The molecule has 0 saturated heterocycles. The molecular weight excluding hydrogens is 434 g/mol. The Kier molecular flexibility index (Phi) is 7.42. The second-order valence-corrected chi connectivity index (χ2v) is 8.97. The van der Waals surface area contributed by atoms with E-state index in [2.05, 4.69) is 41.7 Å². The summed E-state index contributed by atoms with van der Waals surface area (Å²) in [6, 6.07) is 34.5. The quantitative estimate of drug-likeness (QED) is 0.319. The molecular formula is C31H31NO3. The van der Waals surface area contributed by atoms with Crippen molar-refractivity contribution in [2.24, 2.45) is 0 Å². The molecule has 0 bridgehead atoms. The van der Waals surface area contributed by atoms with Crippen molar-refractivity contribution in [3.05, 3.63) is 131 Å². The lowest BCUT2D eigenvalue weighted by Gasteiger charge is -2.32. The van der Waals surface area contributed by atoms with Crippen molar-refractivity contribution in [2.45, 2.75) is 44.7 Å². The van der Waals surface area contributed by atoms with Gasteiger partial charge >= 0.3 is 0 Å². The molecule has 4 nitrogen and oxygen atoms in total. The molecule has 35 heavy (non-hydrogen) atoms. The van der Waals surface area contributed by atoms with E-state index in [1.54, 1.807) is 0 Å². The summed E-state index contributed by atoms with van der Waals surface area (Å²) in [5.41, 5.74) is 5.36. The summed E-state index contributed by atoms with van der Waals surface area (Å²) in [7, 11) is 0. The van der Waals surface area contributed by atoms with E-state index in [4.69, 9.17) is 9.47 Å². The van der Waals surface area contributed by atoms with Crippen LogP contribution in [0.1, 0.15) is 40.3 Å². The molecule has 1 aliphatic rings. The van der Waals surface area contributed by atoms with E-state index in [0.29, 0.717) is 19.0 Å². The number of aliphatic hydroxyl groups excluding tert-OH is 1. The zero-order valence-corrected chi connectivity index (χ0v) is 19.8. The van der Waals surface area contributed by atoms with Gasteiger partial charge in [0.1, 0.15) is 13.2 Å². The highest BCUT2D eigenvalue weighted by Gasteiger charge is 2.31. The summed E-state index contributed by atoms with van der Waals surface area (Å²) < 4.78 is 12.6. The fraction of sp³-hybridized carbons (Fsp3) is 0.226. The lowest BCUT2D eigenvalue weighted by molar-refractivity contribution is 0.112. The normalized spacial score (nSPS) is 16.9. The van der Waals surface area contributed by atoms with Crippen molar-refractivity contribution in [1.29, 1.82) is 0 Å². The lowest BCUT2D eigenvalue weighted by atomic mass is 9.85. The highest BCUT2D eigenvalue weighted by molar-refractivity contribution is 5.53. The number of hydrogen-bond donors (Lipinski definition) is 2. The molecule has 1 aliphatic carbocycles. The predicted octanol–water partition coefficient (Wildman–Crippen LogP) is 5.98. The van der Waals surface area contributed by atoms with Crippen LogP contribution >= 0.6 is 0 Å². The van der Waals surface area contributed by atoms with Crippen LogP contribution in [0.5, 0.6) is 11.5 Å². The summed E-state index contributed by atoms with van der Waals surface area (Å²) in [6.45, 7) is 1.64. The third kappa shape index (κ3) is 5.73. The van der Waals surface area contributed by atoms with E-state index >= 15 is 0 Å². The summed E-state index contributed by atoms with van der Waals surface area (Å²) >= 11 is 0. The molecule has 1 unspecified atom stereocenters. The second-order valence-electron chi connectivity index (χ2n) is 8.97. The Hall–Kier alpha value is -3.60. The van der Waals surface area contributed by atoms with Crippen molar-refractivity contribution >= 4 is 0 Å². The maximum Gasteiger partial charge on any atom is 0.165 e. The molecule has 0 radical (unpaired) electrons. The van der Waals surface area contributed by atoms with Crippen LogP contribution < -0.4 is 14.8 Å². The van der Waals surface area contributed by atoms with Crippen LogP contribution in [0.3, 0.4) is 0 Å². The molecule has 0 fully saturated rings. The summed E-state index contributed by atoms with van der Waals surface area (Å²) in [4.78, 5) is 0. The Morgan fingerprint density at radius 1 is 0.686 bits per heavy atom. The van der Waals surface area contributed by atoms with Crippen LogP contribution in [-0.2, 0) is 26.2 Å². The molecule has 0 aliphatic heterocycles. The first kappa shape index (κ1) is 23.2. The molecule has 178 valence electrons. The van der Waals surface area contributed by atoms with Crippen LogP contribution in [0.2, 0.25) is 0 Å². The van der Waals surface area contributed by atoms with Crippen molar-refractivity contribution in [3.8, 4) is 11.5 Å². The summed E-state index contributed by atoms with van der Waals surface area (Å²) in [5.74, 6) is 1.45. The zero-order valence-electron chi connectivity index (χ0n) is 19.8. The van der Waals surface area contributed by atoms with Crippen molar-refractivity contribution in [1.82, 2.24) is 5.32 Å². The topological polar surface area (TPSA) is 50.7 Å². The lowest BCUT2D eigenvalue weighted by Crippen LogP contribution is -2.38. The van der Waals surface area contributed by atoms with Crippen LogP contribution in [0.15, 0.2) is 103 Å². The monoisotopic (exact) mass is 465 g/mol. The first-order valence-electron chi connectivity index (χ1n) is 12.2. The Morgan fingerprint density at radius 2 is 1.26 bits per heavy atom. The number of benzene rings is 4. The average molecular weight is 466 g/mol. The molecule has 0 aromatic heterocycles. The molecule has 4 aromatic carbocycles. The molecule has 0 saturated carbocycles. The van der Waals surface area contributed by atoms with E-state index in [1.165, 1.54) is 5.56 Å². The molecule has 5 rings (SSSR count). The van der Waals surface area contributed by atoms with Gasteiger partial charge in [-0.05, 0) is 41.2 Å². The van der Waals surface area contributed by atoms with E-state index in [1.807, 2.05) is 66.7 Å². The van der Waals surface area contributed by atoms with Crippen LogP contribution in [0, 0.1) is 0 Å². The molecule has 0 amide bonds. The van der Waals surface area contributed by atoms with Gasteiger partial charge in [-0.25, -0.2) is 0 Å². The van der Waals surface area contributed by atoms with Gasteiger partial charge in [0.05, 0.1) is 6.10 Å². The maximum absolute atomic E-state index is 11.2. The van der Waals surface area contributed by atoms with Crippen molar-refractivity contribution < 1.29 is 14.6 Å².